The number of rotatable bonds is 12. The summed E-state index contributed by atoms with van der Waals surface area (Å²) >= 11 is 0. The van der Waals surface area contributed by atoms with Crippen molar-refractivity contribution in [2.45, 2.75) is 130 Å². The first-order valence-corrected chi connectivity index (χ1v) is 37.3. The number of aryl methyl sites for hydroxylation is 3. The van der Waals surface area contributed by atoms with Gasteiger partial charge in [0.25, 0.3) is 23.6 Å². The molecule has 3 aromatic heterocycles. The number of carbonyl (C=O) groups is 14. The van der Waals surface area contributed by atoms with E-state index >= 15 is 0 Å². The zero-order chi connectivity index (χ0) is 79.2. The molecule has 9 aromatic rings. The number of nitrogens with zero attached hydrogens (tertiary/aromatic N) is 3. The highest BCUT2D eigenvalue weighted by molar-refractivity contribution is 6.15. The number of hydrogen-bond donors (Lipinski definition) is 7. The average molecular weight is 1550 g/mol. The summed E-state index contributed by atoms with van der Waals surface area (Å²) in [5.41, 5.74) is 2.68. The smallest absolute Gasteiger partial charge is 0.322 e. The molecule has 0 bridgehead atoms. The third kappa shape index (κ3) is 10.3. The van der Waals surface area contributed by atoms with Crippen LogP contribution in [0.1, 0.15) is 156 Å². The van der Waals surface area contributed by atoms with Crippen LogP contribution in [-0.4, -0.2) is 138 Å². The zero-order valence-electron chi connectivity index (χ0n) is 61.4. The molecule has 578 valence electrons. The number of halogens is 1. The highest BCUT2D eigenvalue weighted by atomic mass is 19.1. The van der Waals surface area contributed by atoms with Crippen molar-refractivity contribution >= 4 is 115 Å². The second kappa shape index (κ2) is 25.1. The van der Waals surface area contributed by atoms with Crippen LogP contribution in [0.15, 0.2) is 116 Å². The van der Waals surface area contributed by atoms with Gasteiger partial charge in [-0.05, 0) is 138 Å². The van der Waals surface area contributed by atoms with E-state index < -0.39 is 74.7 Å². The van der Waals surface area contributed by atoms with Gasteiger partial charge in [-0.2, -0.15) is 0 Å². The van der Waals surface area contributed by atoms with Crippen LogP contribution in [-0.2, 0) is 120 Å². The van der Waals surface area contributed by atoms with Gasteiger partial charge in [0.05, 0.1) is 64.7 Å². The van der Waals surface area contributed by atoms with Crippen molar-refractivity contribution < 1.29 is 99.0 Å². The van der Waals surface area contributed by atoms with E-state index in [1.54, 1.807) is 77.6 Å². The molecule has 30 nitrogen and oxygen atoms in total. The second-order valence-corrected chi connectivity index (χ2v) is 31.3. The maximum absolute atomic E-state index is 14.9. The summed E-state index contributed by atoms with van der Waals surface area (Å²) in [5.74, 6) is -3.55. The number of ether oxygens (including phenoxy) is 3. The van der Waals surface area contributed by atoms with Gasteiger partial charge in [-0.1, -0.05) is 48.5 Å². The van der Waals surface area contributed by atoms with Crippen molar-refractivity contribution in [1.29, 1.82) is 0 Å². The highest BCUT2D eigenvalue weighted by Gasteiger charge is 2.59. The number of urea groups is 1. The summed E-state index contributed by atoms with van der Waals surface area (Å²) in [4.78, 5) is 183. The fourth-order valence-corrected chi connectivity index (χ4v) is 19.6. The standard InChI is InChI=1S/C28H23N3O7.C28H25N3O6.C27H21FN4O7/c1-37-16-4-2-15-12-31(25(35)18(15)9-16)13-27(11-23(34)29-26(27)36)21-8-14-3-5-19-17(24(14)38-21)6-7-28(19)20(32)10-22(33)30-28;1-36-17-4-2-16-13-31(25(34)19(16)11-17)14-27(12-23(33)29-26(27)35)21-10-15-3-5-20-18(24(15)37-21)6-8-28(20)9-7-22(32)30-28;1-38-17-4-2-12-10-32(23(35)21(12)22(17)28)11-27(24(36)29-25(37)31-27)19-8-14-13-6-7-26(18(33)9-20(34)30-26)15(13)3-5-16(14)39-19/h2-5,8-9H,6-7,10-13H2,1H3,(H,30,33)(H,29,34,36);2-5,10-11H,6-9,12-14H2,1H3,(H,30,32)(H,29,33,35);2-5,8H,6-7,9-11H2,1H3,(H,30,34)(H2,29,31,36,37)/t2*27-,28?;26?,27-/m110/s1. The Kier molecular flexibility index (Phi) is 15.6. The summed E-state index contributed by atoms with van der Waals surface area (Å²) in [6.07, 6.45) is 4.08. The lowest BCUT2D eigenvalue weighted by atomic mass is 9.82. The van der Waals surface area contributed by atoms with Gasteiger partial charge in [0, 0.05) is 77.6 Å². The lowest BCUT2D eigenvalue weighted by Gasteiger charge is -2.29. The van der Waals surface area contributed by atoms with Gasteiger partial charge >= 0.3 is 6.03 Å². The lowest BCUT2D eigenvalue weighted by Crippen LogP contribution is -2.52. The molecule has 6 fully saturated rings. The molecule has 21 rings (SSSR count). The van der Waals surface area contributed by atoms with Crippen LogP contribution in [0.2, 0.25) is 0 Å². The van der Waals surface area contributed by atoms with Crippen LogP contribution in [0.4, 0.5) is 9.18 Å². The van der Waals surface area contributed by atoms with Crippen molar-refractivity contribution in [1.82, 2.24) is 51.9 Å². The van der Waals surface area contributed by atoms with E-state index in [2.05, 4.69) is 37.2 Å². The van der Waals surface area contributed by atoms with Crippen LogP contribution in [0.25, 0.3) is 32.9 Å². The predicted molar refractivity (Wildman–Crippen MR) is 392 cm³/mol. The van der Waals surface area contributed by atoms with Gasteiger partial charge in [-0.3, -0.25) is 78.3 Å². The van der Waals surface area contributed by atoms with Crippen LogP contribution >= 0.6 is 0 Å². The predicted octanol–water partition coefficient (Wildman–Crippen LogP) is 5.55. The van der Waals surface area contributed by atoms with Gasteiger partial charge in [-0.25, -0.2) is 9.18 Å². The van der Waals surface area contributed by atoms with Crippen molar-refractivity contribution in [3.63, 3.8) is 0 Å². The number of benzene rings is 6. The third-order valence-electron chi connectivity index (χ3n) is 25.2. The molecule has 3 aliphatic carbocycles. The van der Waals surface area contributed by atoms with Crippen LogP contribution in [0, 0.1) is 5.82 Å². The molecule has 6 saturated heterocycles. The summed E-state index contributed by atoms with van der Waals surface area (Å²) in [6.45, 7) is 0.296. The topological polar surface area (TPSA) is 400 Å². The largest absolute Gasteiger partial charge is 0.497 e. The van der Waals surface area contributed by atoms with E-state index in [-0.39, 0.29) is 121 Å². The van der Waals surface area contributed by atoms with E-state index in [4.69, 9.17) is 27.5 Å². The molecule has 9 aliphatic heterocycles. The molecule has 12 heterocycles. The minimum atomic E-state index is -1.78. The van der Waals surface area contributed by atoms with Gasteiger partial charge in [-0.15, -0.1) is 0 Å². The average Bonchev–Trinajstić information content (AvgIpc) is 1.56. The number of nitrogens with one attached hydrogen (secondary N) is 7. The number of Topliss-reactive ketones (excluding diaryl/α,β-unsaturated/α-hetero) is 2. The molecule has 31 heteroatoms. The van der Waals surface area contributed by atoms with Gasteiger partial charge < -0.3 is 63.4 Å². The van der Waals surface area contributed by atoms with Crippen molar-refractivity contribution in [3.05, 3.63) is 193 Å². The van der Waals surface area contributed by atoms with Gasteiger partial charge in [0.2, 0.25) is 41.4 Å². The number of imide groups is 3. The Morgan fingerprint density at radius 2 is 0.947 bits per heavy atom. The minimum absolute atomic E-state index is 0.0138. The molecule has 12 aliphatic rings. The third-order valence-corrected chi connectivity index (χ3v) is 25.2. The Balaban J connectivity index is 0.000000115. The number of furan rings is 3. The number of ketones is 2. The first-order valence-electron chi connectivity index (χ1n) is 37.3. The van der Waals surface area contributed by atoms with Crippen LogP contribution in [0.5, 0.6) is 17.2 Å². The Morgan fingerprint density at radius 3 is 1.46 bits per heavy atom. The SMILES string of the molecule is COc1ccc2c(c1)C(=O)N(C[C@@]1(c3cc4ccc5c(c4o3)CCC53CCC(=O)N3)CC(=O)NC1=O)C2.COc1ccc2c(c1)C(=O)N(C[C@@]1(c3cc4ccc5c(c4o3)CCC53NC(=O)CC3=O)CC(=O)NC1=O)C2.COc1ccc2c(c1F)C(=O)N(C[C@@]1(c3cc4c5c(ccc4o3)C3(CC5)NC(=O)CC3=O)NC(=O)NC1=O)C2. The normalized spacial score (nSPS) is 25.8. The molecule has 13 amide bonds. The monoisotopic (exact) mass is 1540 g/mol. The number of carbonyl (C=O) groups excluding carboxylic acids is 14. The number of amides is 13. The van der Waals surface area contributed by atoms with Crippen LogP contribution in [0.3, 0.4) is 0 Å². The van der Waals surface area contributed by atoms with Crippen molar-refractivity contribution in [2.75, 3.05) is 41.0 Å². The lowest BCUT2D eigenvalue weighted by molar-refractivity contribution is -0.128. The number of hydrogen-bond acceptors (Lipinski definition) is 20. The van der Waals surface area contributed by atoms with E-state index in [1.165, 1.54) is 25.2 Å². The Morgan fingerprint density at radius 1 is 0.439 bits per heavy atom. The first-order chi connectivity index (χ1) is 54.7. The molecular weight excluding hydrogens is 1480 g/mol. The molecule has 6 aromatic carbocycles. The van der Waals surface area contributed by atoms with Gasteiger partial charge in [0.1, 0.15) is 67.4 Å². The summed E-state index contributed by atoms with van der Waals surface area (Å²) in [7, 11) is 4.37. The molecule has 7 N–H and O–H groups in total. The molecule has 114 heavy (non-hydrogen) atoms. The van der Waals surface area contributed by atoms with E-state index in [0.717, 1.165) is 63.4 Å². The van der Waals surface area contributed by atoms with E-state index in [0.29, 0.717) is 112 Å². The van der Waals surface area contributed by atoms with E-state index in [1.807, 2.05) is 36.4 Å². The second-order valence-electron chi connectivity index (χ2n) is 31.3. The molecule has 0 radical (unpaired) electrons. The fourth-order valence-electron chi connectivity index (χ4n) is 19.6. The first kappa shape index (κ1) is 71.0. The Hall–Kier alpha value is -13.4. The number of methoxy groups -OCH3 is 3. The minimum Gasteiger partial charge on any atom is -0.497 e. The fraction of sp³-hybridized carbons (Fsp3) is 0.325. The van der Waals surface area contributed by atoms with Crippen molar-refractivity contribution in [2.24, 2.45) is 0 Å². The molecule has 0 saturated carbocycles. The summed E-state index contributed by atoms with van der Waals surface area (Å²) in [6, 6.07) is 29.1. The molecular formula is C83H69FN10O20. The highest BCUT2D eigenvalue weighted by Crippen LogP contribution is 2.52. The molecule has 6 atom stereocenters. The summed E-state index contributed by atoms with van der Waals surface area (Å²) < 4.78 is 49.3. The Labute approximate surface area is 644 Å². The number of fused-ring (bicyclic) bond motifs is 15. The Bertz CT molecular complexity index is 6040. The molecule has 3 unspecified atom stereocenters. The summed E-state index contributed by atoms with van der Waals surface area (Å²) in [5, 5.41) is 20.7. The van der Waals surface area contributed by atoms with Crippen molar-refractivity contribution in [3.8, 4) is 17.2 Å². The quantitative estimate of drug-likeness (QED) is 0.0448. The maximum atomic E-state index is 14.9. The zero-order valence-corrected chi connectivity index (χ0v) is 61.4. The van der Waals surface area contributed by atoms with E-state index in [9.17, 15) is 71.5 Å². The molecule has 3 spiro atoms. The maximum Gasteiger partial charge on any atom is 0.322 e. The van der Waals surface area contributed by atoms with Gasteiger partial charge in [0.15, 0.2) is 28.7 Å². The van der Waals surface area contributed by atoms with Crippen LogP contribution < -0.4 is 51.4 Å².